The minimum atomic E-state index is -0.560. The Morgan fingerprint density at radius 2 is 2.20 bits per heavy atom. The van der Waals surface area contributed by atoms with Gasteiger partial charge in [0.25, 0.3) is 11.5 Å². The van der Waals surface area contributed by atoms with E-state index in [1.54, 1.807) is 6.07 Å². The number of fused-ring (bicyclic) bond motifs is 1. The smallest absolute Gasteiger partial charge is 0.278 e. The number of halogens is 3. The van der Waals surface area contributed by atoms with Crippen molar-refractivity contribution in [2.75, 3.05) is 12.4 Å². The van der Waals surface area contributed by atoms with E-state index in [0.29, 0.717) is 23.1 Å². The van der Waals surface area contributed by atoms with Crippen molar-refractivity contribution in [2.24, 2.45) is 0 Å². The molecule has 0 spiro atoms. The summed E-state index contributed by atoms with van der Waals surface area (Å²) in [4.78, 5) is 29.6. The molecule has 1 amide bonds. The normalized spacial score (nSPS) is 12.8. The highest BCUT2D eigenvalue weighted by Gasteiger charge is 2.28. The fourth-order valence-electron chi connectivity index (χ4n) is 2.87. The molecule has 132 valence electrons. The summed E-state index contributed by atoms with van der Waals surface area (Å²) in [6.07, 6.45) is 1.26. The number of hydroxylamine groups is 1. The lowest BCUT2D eigenvalue weighted by molar-refractivity contribution is 0.0537. The first kappa shape index (κ1) is 17.9. The summed E-state index contributed by atoms with van der Waals surface area (Å²) in [5, 5.41) is 2.62. The van der Waals surface area contributed by atoms with Crippen molar-refractivity contribution >= 4 is 44.8 Å². The monoisotopic (exact) mass is 429 g/mol. The molecule has 0 fully saturated rings. The van der Waals surface area contributed by atoms with E-state index in [0.717, 1.165) is 6.42 Å². The second-order valence-corrected chi connectivity index (χ2v) is 6.75. The number of nitrogens with one attached hydrogen (secondary N) is 2. The molecule has 1 aliphatic heterocycles. The molecule has 25 heavy (non-hydrogen) atoms. The Hall–Kier alpha value is -1.90. The average molecular weight is 431 g/mol. The van der Waals surface area contributed by atoms with Crippen LogP contribution in [0.3, 0.4) is 0 Å². The molecule has 0 radical (unpaired) electrons. The number of nitrogens with zero attached hydrogens (tertiary/aromatic N) is 1. The van der Waals surface area contributed by atoms with E-state index in [2.05, 4.69) is 26.7 Å². The molecule has 6 nitrogen and oxygen atoms in total. The lowest BCUT2D eigenvalue weighted by atomic mass is 10.1. The van der Waals surface area contributed by atoms with Crippen LogP contribution in [0.1, 0.15) is 22.5 Å². The lowest BCUT2D eigenvalue weighted by Gasteiger charge is -2.18. The van der Waals surface area contributed by atoms with Gasteiger partial charge < -0.3 is 9.88 Å². The van der Waals surface area contributed by atoms with E-state index in [-0.39, 0.29) is 22.0 Å². The van der Waals surface area contributed by atoms with Gasteiger partial charge in [-0.05, 0) is 31.0 Å². The van der Waals surface area contributed by atoms with Gasteiger partial charge in [0.2, 0.25) is 0 Å². The summed E-state index contributed by atoms with van der Waals surface area (Å²) in [6.45, 7) is 0.480. The second kappa shape index (κ2) is 7.15. The maximum absolute atomic E-state index is 14.2. The molecule has 9 heteroatoms. The first-order valence-electron chi connectivity index (χ1n) is 7.44. The summed E-state index contributed by atoms with van der Waals surface area (Å²) >= 11 is 9.39. The topological polar surface area (TPSA) is 72.4 Å². The molecular formula is C16H14BrClFN3O3. The van der Waals surface area contributed by atoms with Crippen LogP contribution >= 0.6 is 27.5 Å². The first-order chi connectivity index (χ1) is 11.9. The number of hydrogen-bond donors (Lipinski definition) is 2. The summed E-state index contributed by atoms with van der Waals surface area (Å²) in [5.41, 5.74) is 2.70. The van der Waals surface area contributed by atoms with E-state index in [9.17, 15) is 14.0 Å². The molecule has 0 atom stereocenters. The van der Waals surface area contributed by atoms with E-state index in [4.69, 9.17) is 16.4 Å². The number of hydrogen-bond acceptors (Lipinski definition) is 4. The fraction of sp³-hybridized carbons (Fsp3) is 0.250. The van der Waals surface area contributed by atoms with Crippen LogP contribution in [0.2, 0.25) is 5.02 Å². The highest BCUT2D eigenvalue weighted by Crippen LogP contribution is 2.33. The molecule has 1 aliphatic rings. The second-order valence-electron chi connectivity index (χ2n) is 5.46. The molecule has 0 aliphatic carbocycles. The van der Waals surface area contributed by atoms with Crippen LogP contribution in [-0.2, 0) is 17.8 Å². The predicted octanol–water partition coefficient (Wildman–Crippen LogP) is 3.38. The molecule has 2 N–H and O–H groups in total. The zero-order valence-electron chi connectivity index (χ0n) is 13.2. The Labute approximate surface area is 156 Å². The van der Waals surface area contributed by atoms with Crippen LogP contribution in [-0.4, -0.2) is 17.6 Å². The minimum absolute atomic E-state index is 0.0654. The summed E-state index contributed by atoms with van der Waals surface area (Å²) in [6, 6.07) is 4.39. The van der Waals surface area contributed by atoms with E-state index < -0.39 is 17.3 Å². The zero-order valence-corrected chi connectivity index (χ0v) is 15.5. The van der Waals surface area contributed by atoms with Gasteiger partial charge in [0.1, 0.15) is 10.8 Å². The maximum atomic E-state index is 14.2. The zero-order chi connectivity index (χ0) is 18.1. The van der Waals surface area contributed by atoms with Crippen LogP contribution < -0.4 is 16.4 Å². The van der Waals surface area contributed by atoms with Gasteiger partial charge in [-0.1, -0.05) is 27.5 Å². The first-order valence-corrected chi connectivity index (χ1v) is 8.61. The number of carbonyl (C=O) groups is 1. The Morgan fingerprint density at radius 1 is 1.44 bits per heavy atom. The third kappa shape index (κ3) is 3.29. The maximum Gasteiger partial charge on any atom is 0.278 e. The van der Waals surface area contributed by atoms with Crippen molar-refractivity contribution in [3.63, 3.8) is 0 Å². The van der Waals surface area contributed by atoms with Crippen LogP contribution in [0.4, 0.5) is 15.8 Å². The molecule has 3 rings (SSSR count). The van der Waals surface area contributed by atoms with E-state index >= 15 is 0 Å². The van der Waals surface area contributed by atoms with Gasteiger partial charge in [0.15, 0.2) is 0 Å². The number of rotatable bonds is 4. The fourth-order valence-corrected chi connectivity index (χ4v) is 3.45. The van der Waals surface area contributed by atoms with Crippen molar-refractivity contribution in [3.05, 3.63) is 55.1 Å². The van der Waals surface area contributed by atoms with Crippen LogP contribution in [0.5, 0.6) is 0 Å². The molecule has 0 unspecified atom stereocenters. The van der Waals surface area contributed by atoms with Gasteiger partial charge in [-0.25, -0.2) is 9.87 Å². The van der Waals surface area contributed by atoms with Crippen LogP contribution in [0, 0.1) is 5.82 Å². The minimum Gasteiger partial charge on any atom is -0.351 e. The molecule has 0 saturated carbocycles. The largest absolute Gasteiger partial charge is 0.351 e. The highest BCUT2D eigenvalue weighted by molar-refractivity contribution is 9.10. The molecule has 0 saturated heterocycles. The Kier molecular flexibility index (Phi) is 5.12. The van der Waals surface area contributed by atoms with Crippen molar-refractivity contribution in [2.45, 2.75) is 19.4 Å². The SMILES string of the molecule is CONC(=O)c1c(Nc2ccc(Br)cc2F)c(Cl)c(=O)n2c1CCC2. The highest BCUT2D eigenvalue weighted by atomic mass is 79.9. The van der Waals surface area contributed by atoms with E-state index in [1.165, 1.54) is 23.8 Å². The average Bonchev–Trinajstić information content (AvgIpc) is 3.04. The summed E-state index contributed by atoms with van der Waals surface area (Å²) in [7, 11) is 1.30. The van der Waals surface area contributed by atoms with Crippen LogP contribution in [0.25, 0.3) is 0 Å². The van der Waals surface area contributed by atoms with Gasteiger partial charge in [-0.3, -0.25) is 14.4 Å². The summed E-state index contributed by atoms with van der Waals surface area (Å²) < 4.78 is 16.2. The van der Waals surface area contributed by atoms with Gasteiger partial charge in [0, 0.05) is 16.7 Å². The molecule has 0 bridgehead atoms. The Balaban J connectivity index is 2.19. The quantitative estimate of drug-likeness (QED) is 0.730. The van der Waals surface area contributed by atoms with Gasteiger partial charge in [-0.2, -0.15) is 0 Å². The third-order valence-electron chi connectivity index (χ3n) is 3.92. The van der Waals surface area contributed by atoms with Crippen LogP contribution in [0.15, 0.2) is 27.5 Å². The molecular weight excluding hydrogens is 417 g/mol. The van der Waals surface area contributed by atoms with Gasteiger partial charge >= 0.3 is 0 Å². The van der Waals surface area contributed by atoms with Crippen molar-refractivity contribution in [3.8, 4) is 0 Å². The van der Waals surface area contributed by atoms with Gasteiger partial charge in [0.05, 0.1) is 24.0 Å². The number of benzene rings is 1. The number of anilines is 2. The molecule has 2 aromatic rings. The molecule has 1 aromatic carbocycles. The van der Waals surface area contributed by atoms with E-state index in [1.807, 2.05) is 0 Å². The number of amides is 1. The standard InChI is InChI=1S/C16H14BrClFN3O3/c1-25-21-15(23)12-11-3-2-6-22(11)16(24)13(18)14(12)20-10-5-4-8(17)7-9(10)19/h4-5,7,20H,2-3,6H2,1H3,(H,21,23). The molecule has 1 aromatic heterocycles. The Bertz CT molecular complexity index is 916. The summed E-state index contributed by atoms with van der Waals surface area (Å²) in [5.74, 6) is -1.11. The Morgan fingerprint density at radius 3 is 2.88 bits per heavy atom. The van der Waals surface area contributed by atoms with Crippen molar-refractivity contribution in [1.82, 2.24) is 10.0 Å². The number of aromatic nitrogens is 1. The third-order valence-corrected chi connectivity index (χ3v) is 4.77. The van der Waals surface area contributed by atoms with Gasteiger partial charge in [-0.15, -0.1) is 0 Å². The number of carbonyl (C=O) groups excluding carboxylic acids is 1. The molecule has 2 heterocycles. The lowest BCUT2D eigenvalue weighted by Crippen LogP contribution is -2.30. The predicted molar refractivity (Wildman–Crippen MR) is 95.9 cm³/mol. The van der Waals surface area contributed by atoms with Crippen molar-refractivity contribution in [1.29, 1.82) is 0 Å². The van der Waals surface area contributed by atoms with Crippen molar-refractivity contribution < 1.29 is 14.0 Å². The number of pyridine rings is 1.